The first kappa shape index (κ1) is 8.56. The van der Waals surface area contributed by atoms with Crippen LogP contribution in [0.2, 0.25) is 0 Å². The summed E-state index contributed by atoms with van der Waals surface area (Å²) in [5.41, 5.74) is 0. The van der Waals surface area contributed by atoms with Gasteiger partial charge in [-0.3, -0.25) is 4.79 Å². The van der Waals surface area contributed by atoms with Crippen molar-refractivity contribution in [2.24, 2.45) is 0 Å². The largest absolute Gasteiger partial charge is 0.507 e. The predicted octanol–water partition coefficient (Wildman–Crippen LogP) is 1.96. The first-order chi connectivity index (χ1) is 6.16. The molecule has 2 N–H and O–H groups in total. The summed E-state index contributed by atoms with van der Waals surface area (Å²) in [6, 6.07) is 1.71. The van der Waals surface area contributed by atoms with Crippen molar-refractivity contribution < 1.29 is 15.0 Å². The molecule has 4 heteroatoms. The molecule has 0 aromatic carbocycles. The summed E-state index contributed by atoms with van der Waals surface area (Å²) in [7, 11) is 0. The fourth-order valence-electron chi connectivity index (χ4n) is 1.27. The second kappa shape index (κ2) is 3.03. The Morgan fingerprint density at radius 3 is 2.85 bits per heavy atom. The van der Waals surface area contributed by atoms with Crippen molar-refractivity contribution in [1.82, 2.24) is 0 Å². The lowest BCUT2D eigenvalue weighted by Crippen LogP contribution is -1.97. The Morgan fingerprint density at radius 2 is 2.31 bits per heavy atom. The number of aromatic hydroxyl groups is 1. The van der Waals surface area contributed by atoms with Crippen molar-refractivity contribution in [1.29, 1.82) is 0 Å². The monoisotopic (exact) mass is 198 g/mol. The van der Waals surface area contributed by atoms with Gasteiger partial charge in [0.15, 0.2) is 0 Å². The standard InChI is InChI=1S/C9H10O3S/c10-6-3-7(5-1-2-5)13-8(6)4-9(11)12/h3,5,10H,1-2,4H2,(H,11,12). The van der Waals surface area contributed by atoms with E-state index in [-0.39, 0.29) is 12.2 Å². The van der Waals surface area contributed by atoms with E-state index in [1.165, 1.54) is 24.2 Å². The maximum atomic E-state index is 10.4. The maximum Gasteiger partial charge on any atom is 0.308 e. The highest BCUT2D eigenvalue weighted by molar-refractivity contribution is 7.12. The number of carboxylic acids is 1. The van der Waals surface area contributed by atoms with Gasteiger partial charge in [0.2, 0.25) is 0 Å². The van der Waals surface area contributed by atoms with Crippen LogP contribution in [0.1, 0.15) is 28.5 Å². The molecule has 0 aliphatic heterocycles. The lowest BCUT2D eigenvalue weighted by Gasteiger charge is -1.90. The highest BCUT2D eigenvalue weighted by atomic mass is 32.1. The zero-order valence-electron chi connectivity index (χ0n) is 6.99. The zero-order valence-corrected chi connectivity index (χ0v) is 7.80. The van der Waals surface area contributed by atoms with Crippen molar-refractivity contribution in [2.45, 2.75) is 25.2 Å². The van der Waals surface area contributed by atoms with Gasteiger partial charge in [0.1, 0.15) is 5.75 Å². The summed E-state index contributed by atoms with van der Waals surface area (Å²) in [5, 5.41) is 18.0. The Morgan fingerprint density at radius 1 is 1.62 bits per heavy atom. The van der Waals surface area contributed by atoms with E-state index in [4.69, 9.17) is 5.11 Å². The van der Waals surface area contributed by atoms with Crippen molar-refractivity contribution in [3.63, 3.8) is 0 Å². The van der Waals surface area contributed by atoms with Gasteiger partial charge in [0.05, 0.1) is 11.3 Å². The van der Waals surface area contributed by atoms with E-state index in [9.17, 15) is 9.90 Å². The lowest BCUT2D eigenvalue weighted by atomic mass is 10.3. The number of aliphatic carboxylic acids is 1. The molecule has 3 nitrogen and oxygen atoms in total. The second-order valence-corrected chi connectivity index (χ2v) is 4.47. The van der Waals surface area contributed by atoms with Crippen LogP contribution in [-0.2, 0) is 11.2 Å². The van der Waals surface area contributed by atoms with Gasteiger partial charge in [-0.15, -0.1) is 11.3 Å². The summed E-state index contributed by atoms with van der Waals surface area (Å²) in [4.78, 5) is 12.1. The highest BCUT2D eigenvalue weighted by Gasteiger charge is 2.26. The third-order valence-corrected chi connectivity index (χ3v) is 3.38. The number of hydrogen-bond acceptors (Lipinski definition) is 3. The van der Waals surface area contributed by atoms with Crippen LogP contribution in [0.15, 0.2) is 6.07 Å². The van der Waals surface area contributed by atoms with Crippen LogP contribution >= 0.6 is 11.3 Å². The molecule has 0 radical (unpaired) electrons. The summed E-state index contributed by atoms with van der Waals surface area (Å²) in [6.07, 6.45) is 2.28. The number of thiophene rings is 1. The Kier molecular flexibility index (Phi) is 2.00. The third-order valence-electron chi connectivity index (χ3n) is 2.10. The average molecular weight is 198 g/mol. The fraction of sp³-hybridized carbons (Fsp3) is 0.444. The molecule has 1 heterocycles. The van der Waals surface area contributed by atoms with E-state index < -0.39 is 5.97 Å². The molecule has 1 aromatic heterocycles. The molecular formula is C9H10O3S. The van der Waals surface area contributed by atoms with E-state index in [2.05, 4.69) is 0 Å². The van der Waals surface area contributed by atoms with Crippen molar-refractivity contribution in [2.75, 3.05) is 0 Å². The average Bonchev–Trinajstić information content (AvgIpc) is 2.79. The van der Waals surface area contributed by atoms with Gasteiger partial charge in [0.25, 0.3) is 0 Å². The molecule has 70 valence electrons. The van der Waals surface area contributed by atoms with Crippen molar-refractivity contribution in [3.05, 3.63) is 15.8 Å². The molecule has 0 saturated heterocycles. The van der Waals surface area contributed by atoms with Crippen LogP contribution in [0.5, 0.6) is 5.75 Å². The van der Waals surface area contributed by atoms with Gasteiger partial charge >= 0.3 is 5.97 Å². The molecule has 0 bridgehead atoms. The van der Waals surface area contributed by atoms with Gasteiger partial charge < -0.3 is 10.2 Å². The molecule has 0 atom stereocenters. The van der Waals surface area contributed by atoms with Gasteiger partial charge in [0, 0.05) is 4.88 Å². The molecule has 0 spiro atoms. The van der Waals surface area contributed by atoms with Crippen LogP contribution in [0.3, 0.4) is 0 Å². The quantitative estimate of drug-likeness (QED) is 0.780. The van der Waals surface area contributed by atoms with E-state index in [1.54, 1.807) is 6.07 Å². The molecule has 1 aliphatic carbocycles. The minimum atomic E-state index is -0.889. The maximum absolute atomic E-state index is 10.4. The highest BCUT2D eigenvalue weighted by Crippen LogP contribution is 2.45. The zero-order chi connectivity index (χ0) is 9.42. The Hall–Kier alpha value is -1.03. The van der Waals surface area contributed by atoms with Gasteiger partial charge in [-0.1, -0.05) is 0 Å². The summed E-state index contributed by atoms with van der Waals surface area (Å²) in [6.45, 7) is 0. The number of rotatable bonds is 3. The summed E-state index contributed by atoms with van der Waals surface area (Å²) in [5.74, 6) is -0.160. The van der Waals surface area contributed by atoms with Gasteiger partial charge in [-0.25, -0.2) is 0 Å². The molecule has 1 aliphatic rings. The first-order valence-corrected chi connectivity index (χ1v) is 5.02. The van der Waals surface area contributed by atoms with Crippen LogP contribution < -0.4 is 0 Å². The molecule has 0 unspecified atom stereocenters. The second-order valence-electron chi connectivity index (χ2n) is 3.30. The topological polar surface area (TPSA) is 57.5 Å². The van der Waals surface area contributed by atoms with Gasteiger partial charge in [-0.05, 0) is 24.8 Å². The van der Waals surface area contributed by atoms with Crippen LogP contribution in [0, 0.1) is 0 Å². The number of hydrogen-bond donors (Lipinski definition) is 2. The minimum absolute atomic E-state index is 0.0663. The molecule has 2 rings (SSSR count). The molecule has 0 amide bonds. The summed E-state index contributed by atoms with van der Waals surface area (Å²) < 4.78 is 0. The Balaban J connectivity index is 2.19. The SMILES string of the molecule is O=C(O)Cc1sc(C2CC2)cc1O. The normalized spacial score (nSPS) is 16.0. The fourth-order valence-corrected chi connectivity index (χ4v) is 2.49. The van der Waals surface area contributed by atoms with Crippen molar-refractivity contribution in [3.8, 4) is 5.75 Å². The first-order valence-electron chi connectivity index (χ1n) is 4.20. The minimum Gasteiger partial charge on any atom is -0.507 e. The van der Waals surface area contributed by atoms with Crippen molar-refractivity contribution >= 4 is 17.3 Å². The number of carboxylic acid groups (broad SMARTS) is 1. The Bertz CT molecular complexity index is 339. The summed E-state index contributed by atoms with van der Waals surface area (Å²) >= 11 is 1.43. The van der Waals surface area contributed by atoms with E-state index in [0.717, 1.165) is 4.88 Å². The van der Waals surface area contributed by atoms with E-state index >= 15 is 0 Å². The van der Waals surface area contributed by atoms with E-state index in [0.29, 0.717) is 10.8 Å². The Labute approximate surface area is 79.6 Å². The van der Waals surface area contributed by atoms with Crippen LogP contribution in [0.4, 0.5) is 0 Å². The smallest absolute Gasteiger partial charge is 0.308 e. The lowest BCUT2D eigenvalue weighted by molar-refractivity contribution is -0.136. The molecule has 13 heavy (non-hydrogen) atoms. The third kappa shape index (κ3) is 1.83. The van der Waals surface area contributed by atoms with Gasteiger partial charge in [-0.2, -0.15) is 0 Å². The molecule has 1 saturated carbocycles. The molecular weight excluding hydrogens is 188 g/mol. The van der Waals surface area contributed by atoms with E-state index in [1.807, 2.05) is 0 Å². The molecule has 1 fully saturated rings. The molecule has 1 aromatic rings. The van der Waals surface area contributed by atoms with Crippen LogP contribution in [0.25, 0.3) is 0 Å². The predicted molar refractivity (Wildman–Crippen MR) is 49.3 cm³/mol. The van der Waals surface area contributed by atoms with Crippen LogP contribution in [-0.4, -0.2) is 16.2 Å². The number of carbonyl (C=O) groups is 1.